The first-order valence-corrected chi connectivity index (χ1v) is 11.2. The van der Waals surface area contributed by atoms with Crippen molar-refractivity contribution in [3.05, 3.63) is 96.4 Å². The van der Waals surface area contributed by atoms with Crippen molar-refractivity contribution < 1.29 is 4.74 Å². The molecule has 0 saturated carbocycles. The molecule has 0 saturated heterocycles. The van der Waals surface area contributed by atoms with Crippen molar-refractivity contribution in [1.82, 2.24) is 19.7 Å². The standard InChI is InChI=1S/C28H23N5O/c1-2-16-34-24-14-12-20(13-15-24)27-22(19-33(32-27)23-8-4-3-5-9-23)17-21(18-29)28-30-25-10-6-7-11-26(25)31-28/h3-15,17,19H,2,16H2,1H3,(H,30,31)/b21-17-. The number of ether oxygens (including phenoxy) is 1. The second-order valence-electron chi connectivity index (χ2n) is 7.86. The van der Waals surface area contributed by atoms with Crippen LogP contribution < -0.4 is 4.74 Å². The fraction of sp³-hybridized carbons (Fsp3) is 0.107. The lowest BCUT2D eigenvalue weighted by atomic mass is 10.1. The largest absolute Gasteiger partial charge is 0.494 e. The summed E-state index contributed by atoms with van der Waals surface area (Å²) >= 11 is 0. The maximum absolute atomic E-state index is 9.95. The number of nitrogens with one attached hydrogen (secondary N) is 1. The minimum Gasteiger partial charge on any atom is -0.494 e. The summed E-state index contributed by atoms with van der Waals surface area (Å²) in [6, 6.07) is 27.8. The molecule has 0 atom stereocenters. The molecular formula is C28H23N5O. The highest BCUT2D eigenvalue weighted by Crippen LogP contribution is 2.29. The number of benzene rings is 3. The zero-order chi connectivity index (χ0) is 23.3. The van der Waals surface area contributed by atoms with E-state index >= 15 is 0 Å². The Morgan fingerprint density at radius 3 is 2.53 bits per heavy atom. The lowest BCUT2D eigenvalue weighted by Crippen LogP contribution is -1.95. The van der Waals surface area contributed by atoms with Gasteiger partial charge in [-0.15, -0.1) is 0 Å². The minimum atomic E-state index is 0.438. The van der Waals surface area contributed by atoms with Gasteiger partial charge in [-0.1, -0.05) is 37.3 Å². The third-order valence-electron chi connectivity index (χ3n) is 5.43. The number of H-pyrrole nitrogens is 1. The number of nitriles is 1. The zero-order valence-electron chi connectivity index (χ0n) is 18.8. The monoisotopic (exact) mass is 445 g/mol. The molecule has 0 spiro atoms. The molecule has 0 aliphatic rings. The van der Waals surface area contributed by atoms with Crippen LogP contribution >= 0.6 is 0 Å². The van der Waals surface area contributed by atoms with Crippen LogP contribution in [0, 0.1) is 11.3 Å². The Morgan fingerprint density at radius 1 is 1.03 bits per heavy atom. The fourth-order valence-corrected chi connectivity index (χ4v) is 3.75. The summed E-state index contributed by atoms with van der Waals surface area (Å²) in [4.78, 5) is 7.84. The third-order valence-corrected chi connectivity index (χ3v) is 5.43. The summed E-state index contributed by atoms with van der Waals surface area (Å²) in [6.45, 7) is 2.76. The van der Waals surface area contributed by atoms with Crippen molar-refractivity contribution in [2.24, 2.45) is 0 Å². The van der Waals surface area contributed by atoms with Crippen LogP contribution in [0.15, 0.2) is 85.1 Å². The number of aromatic nitrogens is 4. The number of aromatic amines is 1. The molecule has 3 aromatic carbocycles. The smallest absolute Gasteiger partial charge is 0.149 e. The normalized spacial score (nSPS) is 11.5. The topological polar surface area (TPSA) is 79.5 Å². The summed E-state index contributed by atoms with van der Waals surface area (Å²) in [5, 5.41) is 14.8. The molecule has 0 aliphatic heterocycles. The van der Waals surface area contributed by atoms with Crippen molar-refractivity contribution in [1.29, 1.82) is 5.26 Å². The summed E-state index contributed by atoms with van der Waals surface area (Å²) in [5.41, 5.74) is 5.62. The van der Waals surface area contributed by atoms with Gasteiger partial charge in [0.15, 0.2) is 0 Å². The Bertz CT molecular complexity index is 1450. The first-order chi connectivity index (χ1) is 16.7. The molecule has 1 N–H and O–H groups in total. The average molecular weight is 446 g/mol. The highest BCUT2D eigenvalue weighted by atomic mass is 16.5. The van der Waals surface area contributed by atoms with Gasteiger partial charge < -0.3 is 9.72 Å². The van der Waals surface area contributed by atoms with Crippen LogP contribution in [0.5, 0.6) is 5.75 Å². The number of nitrogens with zero attached hydrogens (tertiary/aromatic N) is 4. The van der Waals surface area contributed by atoms with Crippen molar-refractivity contribution in [3.63, 3.8) is 0 Å². The molecule has 0 aliphatic carbocycles. The van der Waals surface area contributed by atoms with Crippen molar-refractivity contribution in [3.8, 4) is 28.8 Å². The average Bonchev–Trinajstić information content (AvgIpc) is 3.51. The van der Waals surface area contributed by atoms with Gasteiger partial charge in [0, 0.05) is 17.3 Å². The lowest BCUT2D eigenvalue weighted by Gasteiger charge is -2.05. The molecule has 5 aromatic rings. The number of allylic oxidation sites excluding steroid dienone is 1. The van der Waals surface area contributed by atoms with Crippen LogP contribution in [0.2, 0.25) is 0 Å². The van der Waals surface area contributed by atoms with E-state index in [1.807, 2.05) is 95.8 Å². The van der Waals surface area contributed by atoms with Crippen LogP contribution in [0.3, 0.4) is 0 Å². The highest BCUT2D eigenvalue weighted by Gasteiger charge is 2.14. The zero-order valence-corrected chi connectivity index (χ0v) is 18.8. The molecule has 0 bridgehead atoms. The Labute approximate surface area is 197 Å². The SMILES string of the molecule is CCCOc1ccc(-c2nn(-c3ccccc3)cc2/C=C(/C#N)c2nc3ccccc3[nH]2)cc1. The molecule has 2 aromatic heterocycles. The molecule has 6 nitrogen and oxygen atoms in total. The van der Waals surface area contributed by atoms with E-state index in [0.717, 1.165) is 45.7 Å². The van der Waals surface area contributed by atoms with E-state index in [4.69, 9.17) is 9.84 Å². The van der Waals surface area contributed by atoms with Gasteiger partial charge >= 0.3 is 0 Å². The summed E-state index contributed by atoms with van der Waals surface area (Å²) < 4.78 is 7.56. The van der Waals surface area contributed by atoms with Crippen molar-refractivity contribution in [2.45, 2.75) is 13.3 Å². The van der Waals surface area contributed by atoms with Gasteiger partial charge in [0.2, 0.25) is 0 Å². The third kappa shape index (κ3) is 4.32. The van der Waals surface area contributed by atoms with Crippen LogP contribution in [-0.4, -0.2) is 26.4 Å². The molecule has 2 heterocycles. The highest BCUT2D eigenvalue weighted by molar-refractivity contribution is 5.92. The van der Waals surface area contributed by atoms with Crippen LogP contribution in [0.4, 0.5) is 0 Å². The van der Waals surface area contributed by atoms with Crippen LogP contribution in [-0.2, 0) is 0 Å². The minimum absolute atomic E-state index is 0.438. The molecule has 0 amide bonds. The predicted molar refractivity (Wildman–Crippen MR) is 134 cm³/mol. The molecule has 0 radical (unpaired) electrons. The molecule has 0 fully saturated rings. The number of imidazole rings is 1. The fourth-order valence-electron chi connectivity index (χ4n) is 3.75. The summed E-state index contributed by atoms with van der Waals surface area (Å²) in [5.74, 6) is 1.36. The Balaban J connectivity index is 1.59. The Morgan fingerprint density at radius 2 is 1.79 bits per heavy atom. The van der Waals surface area contributed by atoms with Gasteiger partial charge in [-0.25, -0.2) is 9.67 Å². The predicted octanol–water partition coefficient (Wildman–Crippen LogP) is 6.27. The number of rotatable bonds is 7. The first-order valence-electron chi connectivity index (χ1n) is 11.2. The van der Waals surface area contributed by atoms with E-state index in [9.17, 15) is 5.26 Å². The quantitative estimate of drug-likeness (QED) is 0.300. The van der Waals surface area contributed by atoms with E-state index in [2.05, 4.69) is 23.0 Å². The van der Waals surface area contributed by atoms with Crippen molar-refractivity contribution >= 4 is 22.7 Å². The van der Waals surface area contributed by atoms with E-state index < -0.39 is 0 Å². The van der Waals surface area contributed by atoms with Gasteiger partial charge in [-0.2, -0.15) is 10.4 Å². The van der Waals surface area contributed by atoms with Gasteiger partial charge in [0.1, 0.15) is 17.6 Å². The maximum atomic E-state index is 9.95. The first kappa shape index (κ1) is 21.2. The van der Waals surface area contributed by atoms with Crippen LogP contribution in [0.25, 0.3) is 39.6 Å². The van der Waals surface area contributed by atoms with Crippen LogP contribution in [0.1, 0.15) is 24.7 Å². The van der Waals surface area contributed by atoms with E-state index in [1.54, 1.807) is 0 Å². The summed E-state index contributed by atoms with van der Waals surface area (Å²) in [6.07, 6.45) is 4.73. The van der Waals surface area contributed by atoms with Crippen molar-refractivity contribution in [2.75, 3.05) is 6.61 Å². The van der Waals surface area contributed by atoms with Gasteiger partial charge in [-0.3, -0.25) is 0 Å². The Hall–Kier alpha value is -4.63. The van der Waals surface area contributed by atoms with Gasteiger partial charge in [-0.05, 0) is 61.0 Å². The molecule has 166 valence electrons. The Kier molecular flexibility index (Phi) is 5.91. The van der Waals surface area contributed by atoms with E-state index in [1.165, 1.54) is 0 Å². The number of fused-ring (bicyclic) bond motifs is 1. The summed E-state index contributed by atoms with van der Waals surface area (Å²) in [7, 11) is 0. The molecule has 6 heteroatoms. The number of para-hydroxylation sites is 3. The maximum Gasteiger partial charge on any atom is 0.149 e. The lowest BCUT2D eigenvalue weighted by molar-refractivity contribution is 0.317. The van der Waals surface area contributed by atoms with E-state index in [-0.39, 0.29) is 0 Å². The molecule has 0 unspecified atom stereocenters. The number of hydrogen-bond acceptors (Lipinski definition) is 4. The van der Waals surface area contributed by atoms with Gasteiger partial charge in [0.25, 0.3) is 0 Å². The second kappa shape index (κ2) is 9.47. The second-order valence-corrected chi connectivity index (χ2v) is 7.86. The van der Waals surface area contributed by atoms with Gasteiger partial charge in [0.05, 0.1) is 34.6 Å². The molecule has 34 heavy (non-hydrogen) atoms. The number of hydrogen-bond donors (Lipinski definition) is 1. The van der Waals surface area contributed by atoms with E-state index in [0.29, 0.717) is 18.0 Å². The molecular weight excluding hydrogens is 422 g/mol. The molecule has 5 rings (SSSR count).